The SMILES string of the molecule is CCC1=CC(=O)N(c2cc(NC(=O)c3cc4ccc(N(CC)CC)cc4oc3=O)cc(N3C(=O)C=C(C)C3=O)c2)C1=O. The highest BCUT2D eigenvalue weighted by atomic mass is 16.4. The molecule has 2 aromatic carbocycles. The van der Waals surface area contributed by atoms with Gasteiger partial charge in [0.15, 0.2) is 0 Å². The Hall–Kier alpha value is -5.32. The third-order valence-electron chi connectivity index (χ3n) is 7.25. The second-order valence-corrected chi connectivity index (χ2v) is 9.84. The molecule has 5 amide bonds. The summed E-state index contributed by atoms with van der Waals surface area (Å²) >= 11 is 0. The Morgan fingerprint density at radius 2 is 1.48 bits per heavy atom. The van der Waals surface area contributed by atoms with Crippen LogP contribution < -0.4 is 25.6 Å². The number of carbonyl (C=O) groups is 5. The summed E-state index contributed by atoms with van der Waals surface area (Å²) in [5.41, 5.74) is 0.669. The Morgan fingerprint density at radius 3 is 2.05 bits per heavy atom. The van der Waals surface area contributed by atoms with Crippen LogP contribution in [0.5, 0.6) is 0 Å². The lowest BCUT2D eigenvalue weighted by atomic mass is 10.1. The molecule has 2 aliphatic rings. The molecule has 42 heavy (non-hydrogen) atoms. The minimum Gasteiger partial charge on any atom is -0.422 e. The van der Waals surface area contributed by atoms with Gasteiger partial charge >= 0.3 is 5.63 Å². The first-order chi connectivity index (χ1) is 20.1. The van der Waals surface area contributed by atoms with E-state index in [4.69, 9.17) is 4.42 Å². The van der Waals surface area contributed by atoms with Crippen LogP contribution in [0.2, 0.25) is 0 Å². The minimum absolute atomic E-state index is 0.0333. The molecule has 5 rings (SSSR count). The third kappa shape index (κ3) is 4.89. The lowest BCUT2D eigenvalue weighted by Gasteiger charge is -2.21. The van der Waals surface area contributed by atoms with Gasteiger partial charge in [0.2, 0.25) is 0 Å². The Balaban J connectivity index is 1.53. The summed E-state index contributed by atoms with van der Waals surface area (Å²) in [4.78, 5) is 81.1. The Labute approximate surface area is 240 Å². The van der Waals surface area contributed by atoms with E-state index in [1.165, 1.54) is 43.3 Å². The number of fused-ring (bicyclic) bond motifs is 1. The van der Waals surface area contributed by atoms with Crippen LogP contribution in [0.4, 0.5) is 22.7 Å². The molecule has 11 nitrogen and oxygen atoms in total. The van der Waals surface area contributed by atoms with Gasteiger partial charge in [-0.2, -0.15) is 0 Å². The number of nitrogens with one attached hydrogen (secondary N) is 1. The molecule has 0 atom stereocenters. The van der Waals surface area contributed by atoms with Crippen molar-refractivity contribution in [2.75, 3.05) is 33.1 Å². The number of rotatable bonds is 8. The van der Waals surface area contributed by atoms with E-state index in [1.807, 2.05) is 19.9 Å². The van der Waals surface area contributed by atoms with E-state index < -0.39 is 35.2 Å². The van der Waals surface area contributed by atoms with Gasteiger partial charge in [-0.05, 0) is 63.6 Å². The first kappa shape index (κ1) is 28.2. The van der Waals surface area contributed by atoms with Crippen molar-refractivity contribution in [2.45, 2.75) is 34.1 Å². The number of carbonyl (C=O) groups excluding carboxylic acids is 5. The molecule has 0 saturated carbocycles. The van der Waals surface area contributed by atoms with Crippen LogP contribution in [0.15, 0.2) is 75.0 Å². The van der Waals surface area contributed by atoms with E-state index in [-0.39, 0.29) is 28.2 Å². The molecular weight excluding hydrogens is 540 g/mol. The van der Waals surface area contributed by atoms with Crippen LogP contribution in [-0.4, -0.2) is 42.6 Å². The van der Waals surface area contributed by atoms with Crippen molar-refractivity contribution < 1.29 is 28.4 Å². The number of hydrogen-bond donors (Lipinski definition) is 1. The summed E-state index contributed by atoms with van der Waals surface area (Å²) in [5.74, 6) is -3.16. The fourth-order valence-electron chi connectivity index (χ4n) is 5.02. The van der Waals surface area contributed by atoms with Gasteiger partial charge in [0.25, 0.3) is 29.5 Å². The zero-order valence-electron chi connectivity index (χ0n) is 23.5. The van der Waals surface area contributed by atoms with Gasteiger partial charge in [0, 0.05) is 59.2 Å². The standard InChI is InChI=1S/C31H28N4O7/c1-5-18-12-27(37)35(30(18)40)23-14-20(13-22(15-23)34-26(36)10-17(4)29(34)39)32-28(38)24-11-19-8-9-21(33(6-2)7-3)16-25(19)42-31(24)41/h8-16H,5-7H2,1-4H3,(H,32,38). The van der Waals surface area contributed by atoms with Crippen molar-refractivity contribution in [3.8, 4) is 0 Å². The van der Waals surface area contributed by atoms with Gasteiger partial charge in [0.1, 0.15) is 11.1 Å². The van der Waals surface area contributed by atoms with Crippen molar-refractivity contribution >= 4 is 63.3 Å². The average molecular weight is 569 g/mol. The molecule has 0 fully saturated rings. The first-order valence-corrected chi connectivity index (χ1v) is 13.5. The number of hydrogen-bond acceptors (Lipinski definition) is 8. The second kappa shape index (κ2) is 10.9. The van der Waals surface area contributed by atoms with Gasteiger partial charge in [-0.25, -0.2) is 14.6 Å². The zero-order chi connectivity index (χ0) is 30.3. The fraction of sp³-hybridized carbons (Fsp3) is 0.226. The van der Waals surface area contributed by atoms with Crippen LogP contribution in [-0.2, 0) is 19.2 Å². The highest BCUT2D eigenvalue weighted by Crippen LogP contribution is 2.34. The molecule has 0 aliphatic carbocycles. The summed E-state index contributed by atoms with van der Waals surface area (Å²) in [6, 6.07) is 10.8. The van der Waals surface area contributed by atoms with Gasteiger partial charge in [-0.1, -0.05) is 6.92 Å². The van der Waals surface area contributed by atoms with Gasteiger partial charge in [-0.15, -0.1) is 0 Å². The number of amides is 5. The van der Waals surface area contributed by atoms with E-state index in [9.17, 15) is 28.8 Å². The maximum absolute atomic E-state index is 13.3. The predicted molar refractivity (Wildman–Crippen MR) is 158 cm³/mol. The molecular formula is C31H28N4O7. The van der Waals surface area contributed by atoms with Gasteiger partial charge < -0.3 is 14.6 Å². The Bertz CT molecular complexity index is 1810. The second-order valence-electron chi connectivity index (χ2n) is 9.84. The lowest BCUT2D eigenvalue weighted by Crippen LogP contribution is -2.33. The van der Waals surface area contributed by atoms with Crippen molar-refractivity contribution in [1.29, 1.82) is 0 Å². The molecule has 11 heteroatoms. The highest BCUT2D eigenvalue weighted by molar-refractivity contribution is 6.32. The molecule has 214 valence electrons. The third-order valence-corrected chi connectivity index (χ3v) is 7.25. The van der Waals surface area contributed by atoms with Crippen LogP contribution in [0, 0.1) is 0 Å². The summed E-state index contributed by atoms with van der Waals surface area (Å²) in [6.07, 6.45) is 2.71. The largest absolute Gasteiger partial charge is 0.422 e. The van der Waals surface area contributed by atoms with Crippen LogP contribution in [0.25, 0.3) is 11.0 Å². The smallest absolute Gasteiger partial charge is 0.349 e. The normalized spacial score (nSPS) is 15.0. The molecule has 0 unspecified atom stereocenters. The molecule has 0 spiro atoms. The fourth-order valence-corrected chi connectivity index (χ4v) is 5.02. The average Bonchev–Trinajstić information content (AvgIpc) is 3.39. The van der Waals surface area contributed by atoms with E-state index in [0.717, 1.165) is 28.6 Å². The van der Waals surface area contributed by atoms with Crippen molar-refractivity contribution in [1.82, 2.24) is 0 Å². The molecule has 0 saturated heterocycles. The Morgan fingerprint density at radius 1 is 0.833 bits per heavy atom. The molecule has 1 aromatic heterocycles. The maximum Gasteiger partial charge on any atom is 0.349 e. The predicted octanol–water partition coefficient (Wildman–Crippen LogP) is 3.92. The summed E-state index contributed by atoms with van der Waals surface area (Å²) in [6.45, 7) is 8.78. The monoisotopic (exact) mass is 568 g/mol. The van der Waals surface area contributed by atoms with Crippen LogP contribution in [0.3, 0.4) is 0 Å². The van der Waals surface area contributed by atoms with Crippen molar-refractivity contribution in [3.63, 3.8) is 0 Å². The van der Waals surface area contributed by atoms with E-state index >= 15 is 0 Å². The first-order valence-electron chi connectivity index (χ1n) is 13.5. The molecule has 1 N–H and O–H groups in total. The number of nitrogens with zero attached hydrogens (tertiary/aromatic N) is 3. The van der Waals surface area contributed by atoms with E-state index in [1.54, 1.807) is 19.1 Å². The van der Waals surface area contributed by atoms with Crippen LogP contribution in [0.1, 0.15) is 44.5 Å². The van der Waals surface area contributed by atoms with E-state index in [0.29, 0.717) is 23.0 Å². The van der Waals surface area contributed by atoms with Crippen molar-refractivity contribution in [3.05, 3.63) is 81.7 Å². The summed E-state index contributed by atoms with van der Waals surface area (Å²) in [7, 11) is 0. The van der Waals surface area contributed by atoms with E-state index in [2.05, 4.69) is 10.2 Å². The van der Waals surface area contributed by atoms with Gasteiger partial charge in [-0.3, -0.25) is 24.0 Å². The topological polar surface area (TPSA) is 137 Å². The summed E-state index contributed by atoms with van der Waals surface area (Å²) in [5, 5.41) is 3.13. The molecule has 3 aromatic rings. The maximum atomic E-state index is 13.3. The number of anilines is 4. The number of imide groups is 2. The zero-order valence-corrected chi connectivity index (χ0v) is 23.5. The molecule has 0 bridgehead atoms. The van der Waals surface area contributed by atoms with Crippen molar-refractivity contribution in [2.24, 2.45) is 0 Å². The number of benzene rings is 2. The highest BCUT2D eigenvalue weighted by Gasteiger charge is 2.34. The quantitative estimate of drug-likeness (QED) is 0.319. The molecule has 0 radical (unpaired) electrons. The lowest BCUT2D eigenvalue weighted by molar-refractivity contribution is -0.121. The molecule has 2 aliphatic heterocycles. The van der Waals surface area contributed by atoms with Gasteiger partial charge in [0.05, 0.1) is 11.4 Å². The minimum atomic E-state index is -0.862. The Kier molecular flexibility index (Phi) is 7.34. The molecule has 3 heterocycles. The summed E-state index contributed by atoms with van der Waals surface area (Å²) < 4.78 is 5.48. The van der Waals surface area contributed by atoms with Crippen LogP contribution >= 0.6 is 0 Å².